The van der Waals surface area contributed by atoms with E-state index in [2.05, 4.69) is 17.2 Å². The maximum Gasteiger partial charge on any atom is 0.190 e. The largest absolute Gasteiger partial charge is 0.370 e. The number of aromatic nitrogens is 3. The van der Waals surface area contributed by atoms with Crippen molar-refractivity contribution in [1.82, 2.24) is 15.0 Å². The lowest BCUT2D eigenvalue weighted by Crippen LogP contribution is -2.10. The van der Waals surface area contributed by atoms with Crippen LogP contribution in [0.5, 0.6) is 0 Å². The van der Waals surface area contributed by atoms with E-state index >= 15 is 0 Å². The van der Waals surface area contributed by atoms with Crippen molar-refractivity contribution >= 4 is 17.2 Å². The fourth-order valence-corrected chi connectivity index (χ4v) is 3.16. The van der Waals surface area contributed by atoms with E-state index < -0.39 is 0 Å². The highest BCUT2D eigenvalue weighted by Crippen LogP contribution is 2.28. The van der Waals surface area contributed by atoms with E-state index in [1.165, 1.54) is 30.5 Å². The second-order valence-corrected chi connectivity index (χ2v) is 6.04. The number of hydrogen-bond acceptors (Lipinski definition) is 5. The standard InChI is InChI=1S/C15H20N4S/c1-2-8-16-13-11-6-4-3-5-7-12(11)18-14(19-13)15-17-9-10-20-15/h9-10H,2-8H2,1H3,(H,16,18,19). The first-order chi connectivity index (χ1) is 9.88. The third-order valence-electron chi connectivity index (χ3n) is 3.60. The van der Waals surface area contributed by atoms with Crippen LogP contribution in [0.4, 0.5) is 5.82 Å². The quantitative estimate of drug-likeness (QED) is 0.872. The third kappa shape index (κ3) is 2.82. The van der Waals surface area contributed by atoms with E-state index in [0.717, 1.165) is 42.5 Å². The van der Waals surface area contributed by atoms with Crippen LogP contribution in [-0.4, -0.2) is 21.5 Å². The number of thiazole rings is 1. The van der Waals surface area contributed by atoms with Gasteiger partial charge in [-0.2, -0.15) is 0 Å². The Morgan fingerprint density at radius 1 is 1.20 bits per heavy atom. The van der Waals surface area contributed by atoms with E-state index in [4.69, 9.17) is 9.97 Å². The predicted octanol–water partition coefficient (Wildman–Crippen LogP) is 3.69. The van der Waals surface area contributed by atoms with Crippen molar-refractivity contribution in [2.24, 2.45) is 0 Å². The molecule has 0 saturated carbocycles. The van der Waals surface area contributed by atoms with E-state index in [-0.39, 0.29) is 0 Å². The molecule has 0 radical (unpaired) electrons. The monoisotopic (exact) mass is 288 g/mol. The lowest BCUT2D eigenvalue weighted by atomic mass is 10.1. The van der Waals surface area contributed by atoms with Gasteiger partial charge in [0, 0.05) is 29.4 Å². The maximum atomic E-state index is 4.78. The molecule has 0 amide bonds. The summed E-state index contributed by atoms with van der Waals surface area (Å²) in [6.07, 6.45) is 8.84. The fraction of sp³-hybridized carbons (Fsp3) is 0.533. The van der Waals surface area contributed by atoms with Gasteiger partial charge in [-0.25, -0.2) is 15.0 Å². The second kappa shape index (κ2) is 6.31. The number of nitrogens with one attached hydrogen (secondary N) is 1. The zero-order chi connectivity index (χ0) is 13.8. The Balaban J connectivity index is 2.03. The molecule has 2 aromatic heterocycles. The third-order valence-corrected chi connectivity index (χ3v) is 4.37. The number of nitrogens with zero attached hydrogens (tertiary/aromatic N) is 3. The van der Waals surface area contributed by atoms with Crippen LogP contribution < -0.4 is 5.32 Å². The zero-order valence-corrected chi connectivity index (χ0v) is 12.7. The van der Waals surface area contributed by atoms with Crippen molar-refractivity contribution in [1.29, 1.82) is 0 Å². The minimum atomic E-state index is 0.777. The second-order valence-electron chi connectivity index (χ2n) is 5.15. The molecule has 1 aliphatic rings. The van der Waals surface area contributed by atoms with Gasteiger partial charge in [0.15, 0.2) is 10.8 Å². The maximum absolute atomic E-state index is 4.78. The summed E-state index contributed by atoms with van der Waals surface area (Å²) in [5, 5.41) is 6.37. The summed E-state index contributed by atoms with van der Waals surface area (Å²) < 4.78 is 0. The summed E-state index contributed by atoms with van der Waals surface area (Å²) in [5.74, 6) is 1.81. The lowest BCUT2D eigenvalue weighted by molar-refractivity contribution is 0.709. The highest BCUT2D eigenvalue weighted by atomic mass is 32.1. The van der Waals surface area contributed by atoms with Crippen molar-refractivity contribution in [3.63, 3.8) is 0 Å². The summed E-state index contributed by atoms with van der Waals surface area (Å²) in [6, 6.07) is 0. The first kappa shape index (κ1) is 13.5. The zero-order valence-electron chi connectivity index (χ0n) is 11.9. The van der Waals surface area contributed by atoms with Gasteiger partial charge in [-0.1, -0.05) is 13.3 Å². The van der Waals surface area contributed by atoms with Crippen LogP contribution in [0, 0.1) is 0 Å². The molecule has 0 fully saturated rings. The Hall–Kier alpha value is -1.49. The van der Waals surface area contributed by atoms with Gasteiger partial charge in [-0.15, -0.1) is 11.3 Å². The molecule has 2 heterocycles. The smallest absolute Gasteiger partial charge is 0.190 e. The van der Waals surface area contributed by atoms with Crippen molar-refractivity contribution in [2.45, 2.75) is 45.4 Å². The van der Waals surface area contributed by atoms with Gasteiger partial charge in [0.1, 0.15) is 5.82 Å². The van der Waals surface area contributed by atoms with Gasteiger partial charge >= 0.3 is 0 Å². The van der Waals surface area contributed by atoms with Gasteiger partial charge in [-0.3, -0.25) is 0 Å². The molecular weight excluding hydrogens is 268 g/mol. The minimum Gasteiger partial charge on any atom is -0.370 e. The molecule has 0 aromatic carbocycles. The first-order valence-electron chi connectivity index (χ1n) is 7.42. The minimum absolute atomic E-state index is 0.777. The van der Waals surface area contributed by atoms with Crippen molar-refractivity contribution in [2.75, 3.05) is 11.9 Å². The summed E-state index contributed by atoms with van der Waals surface area (Å²) in [5.41, 5.74) is 2.55. The van der Waals surface area contributed by atoms with Gasteiger partial charge < -0.3 is 5.32 Å². The highest BCUT2D eigenvalue weighted by Gasteiger charge is 2.18. The number of anilines is 1. The van der Waals surface area contributed by atoms with E-state index in [1.54, 1.807) is 11.3 Å². The molecule has 20 heavy (non-hydrogen) atoms. The Kier molecular flexibility index (Phi) is 4.25. The molecule has 0 bridgehead atoms. The molecule has 3 rings (SSSR count). The average molecular weight is 288 g/mol. The Morgan fingerprint density at radius 3 is 2.90 bits per heavy atom. The molecule has 4 nitrogen and oxygen atoms in total. The highest BCUT2D eigenvalue weighted by molar-refractivity contribution is 7.13. The average Bonchev–Trinajstić information content (AvgIpc) is 2.90. The predicted molar refractivity (Wildman–Crippen MR) is 83.2 cm³/mol. The molecule has 0 atom stereocenters. The number of hydrogen-bond donors (Lipinski definition) is 1. The summed E-state index contributed by atoms with van der Waals surface area (Å²) in [4.78, 5) is 13.9. The van der Waals surface area contributed by atoms with Crippen LogP contribution in [0.2, 0.25) is 0 Å². The normalized spacial score (nSPS) is 14.7. The van der Waals surface area contributed by atoms with Crippen LogP contribution in [-0.2, 0) is 12.8 Å². The van der Waals surface area contributed by atoms with Crippen LogP contribution in [0.15, 0.2) is 11.6 Å². The molecule has 1 N–H and O–H groups in total. The fourth-order valence-electron chi connectivity index (χ4n) is 2.59. The Morgan fingerprint density at radius 2 is 2.10 bits per heavy atom. The number of fused-ring (bicyclic) bond motifs is 1. The molecule has 0 aliphatic heterocycles. The van der Waals surface area contributed by atoms with Crippen molar-refractivity contribution in [3.8, 4) is 10.8 Å². The molecular formula is C15H20N4S. The van der Waals surface area contributed by atoms with E-state index in [1.807, 2.05) is 11.6 Å². The van der Waals surface area contributed by atoms with Gasteiger partial charge in [0.2, 0.25) is 0 Å². The molecule has 5 heteroatoms. The van der Waals surface area contributed by atoms with Gasteiger partial charge in [-0.05, 0) is 32.1 Å². The lowest BCUT2D eigenvalue weighted by Gasteiger charge is -2.13. The van der Waals surface area contributed by atoms with Crippen molar-refractivity contribution in [3.05, 3.63) is 22.8 Å². The molecule has 0 spiro atoms. The van der Waals surface area contributed by atoms with Gasteiger partial charge in [0.25, 0.3) is 0 Å². The van der Waals surface area contributed by atoms with Crippen LogP contribution in [0.1, 0.15) is 43.9 Å². The Bertz CT molecular complexity index is 566. The molecule has 1 aliphatic carbocycles. The molecule has 0 unspecified atom stereocenters. The SMILES string of the molecule is CCCNc1nc(-c2nccs2)nc2c1CCCCC2. The van der Waals surface area contributed by atoms with Crippen LogP contribution >= 0.6 is 11.3 Å². The molecule has 2 aromatic rings. The number of rotatable bonds is 4. The van der Waals surface area contributed by atoms with Crippen LogP contribution in [0.25, 0.3) is 10.8 Å². The molecule has 106 valence electrons. The van der Waals surface area contributed by atoms with E-state index in [0.29, 0.717) is 0 Å². The Labute approximate surface area is 123 Å². The topological polar surface area (TPSA) is 50.7 Å². The summed E-state index contributed by atoms with van der Waals surface area (Å²) in [6.45, 7) is 3.13. The summed E-state index contributed by atoms with van der Waals surface area (Å²) in [7, 11) is 0. The van der Waals surface area contributed by atoms with E-state index in [9.17, 15) is 0 Å². The molecule has 0 saturated heterocycles. The van der Waals surface area contributed by atoms with Gasteiger partial charge in [0.05, 0.1) is 0 Å². The first-order valence-corrected chi connectivity index (χ1v) is 8.30. The number of aryl methyl sites for hydroxylation is 1. The van der Waals surface area contributed by atoms with Crippen LogP contribution in [0.3, 0.4) is 0 Å². The summed E-state index contributed by atoms with van der Waals surface area (Å²) >= 11 is 1.60. The van der Waals surface area contributed by atoms with Crippen molar-refractivity contribution < 1.29 is 0 Å².